The molecule has 0 amide bonds. The first-order chi connectivity index (χ1) is 30.5. The van der Waals surface area contributed by atoms with E-state index in [0.717, 1.165) is 11.1 Å². The first kappa shape index (κ1) is 43.6. The van der Waals surface area contributed by atoms with Gasteiger partial charge in [-0.25, -0.2) is 15.0 Å². The van der Waals surface area contributed by atoms with E-state index in [-0.39, 0.29) is 138 Å². The second-order valence-electron chi connectivity index (χ2n) is 15.2. The Balaban J connectivity index is 1.33. The number of rotatable bonds is 6. The summed E-state index contributed by atoms with van der Waals surface area (Å²) in [5.74, 6) is 0.743. The molecule has 2 heterocycles. The Bertz CT molecular complexity index is 3380. The van der Waals surface area contributed by atoms with Crippen LogP contribution in [-0.2, 0) is 0 Å². The molecule has 0 aliphatic heterocycles. The summed E-state index contributed by atoms with van der Waals surface area (Å²) in [4.78, 5) is 14.6. The molecule has 0 fully saturated rings. The Kier molecular flexibility index (Phi) is 11.2. The van der Waals surface area contributed by atoms with Crippen molar-refractivity contribution in [3.05, 3.63) is 84.9 Å². The van der Waals surface area contributed by atoms with Crippen molar-refractivity contribution in [2.75, 3.05) is 0 Å². The van der Waals surface area contributed by atoms with Crippen LogP contribution in [0.25, 0.3) is 89.5 Å². The van der Waals surface area contributed by atoms with Gasteiger partial charge in [0, 0.05) is 27.5 Å². The highest BCUT2D eigenvalue weighted by Crippen LogP contribution is 2.34. The van der Waals surface area contributed by atoms with Gasteiger partial charge in [-0.1, -0.05) is 134 Å². The van der Waals surface area contributed by atoms with Crippen molar-refractivity contribution in [1.29, 1.82) is 0 Å². The minimum Gasteiger partial charge on any atom is -0.457 e. The van der Waals surface area contributed by atoms with Crippen LogP contribution < -0.4 is 81.9 Å². The van der Waals surface area contributed by atoms with Crippen LogP contribution in [-0.4, -0.2) is 133 Å². The average Bonchev–Trinajstić information content (AvgIpc) is 3.72. The van der Waals surface area contributed by atoms with Crippen LogP contribution in [0.15, 0.2) is 89.3 Å². The predicted molar refractivity (Wildman–Crippen MR) is 281 cm³/mol. The molecular weight excluding hydrogens is 761 g/mol. The van der Waals surface area contributed by atoms with Crippen molar-refractivity contribution in [2.24, 2.45) is 0 Å². The molecule has 0 atom stereocenters. The van der Waals surface area contributed by atoms with Gasteiger partial charge in [-0.15, -0.1) is 27.3 Å². The first-order valence-electron chi connectivity index (χ1n) is 19.5. The molecule has 9 aromatic rings. The van der Waals surface area contributed by atoms with E-state index in [1.807, 2.05) is 84.9 Å². The molecule has 0 bridgehead atoms. The standard InChI is InChI=1S/C45H14B15N3O/c46-26-19(21-29(49)35(55)38(58)36(56)30(21)50)20-24-31(51)37(57)39(59)40(60)42(24)64-41(20)34(54)22(26)23-27(47)32(52)25(33(53)28(23)48)45-62-43(17-9-5-2-6-10-17)61-44(63-45)18-13-11-16(12-14-18)15-7-3-1-4-8-15/h1-14H. The minimum atomic E-state index is -0.0965. The van der Waals surface area contributed by atoms with Crippen molar-refractivity contribution in [2.45, 2.75) is 0 Å². The Hall–Kier alpha value is -5.68. The van der Waals surface area contributed by atoms with Gasteiger partial charge in [0.25, 0.3) is 0 Å². The quantitative estimate of drug-likeness (QED) is 0.158. The van der Waals surface area contributed by atoms with Crippen LogP contribution in [0.5, 0.6) is 0 Å². The summed E-state index contributed by atoms with van der Waals surface area (Å²) >= 11 is 0. The van der Waals surface area contributed by atoms with Gasteiger partial charge in [-0.3, -0.25) is 0 Å². The lowest BCUT2D eigenvalue weighted by molar-refractivity contribution is 0.675. The summed E-state index contributed by atoms with van der Waals surface area (Å²) in [5, 5.41) is 0.376. The number of furan rings is 1. The van der Waals surface area contributed by atoms with E-state index >= 15 is 0 Å². The molecule has 4 nitrogen and oxygen atoms in total. The lowest BCUT2D eigenvalue weighted by Gasteiger charge is -2.28. The molecule has 19 heteroatoms. The fourth-order valence-electron chi connectivity index (χ4n) is 8.13. The normalized spacial score (nSPS) is 11.4. The van der Waals surface area contributed by atoms with E-state index in [4.69, 9.17) is 137 Å². The van der Waals surface area contributed by atoms with Crippen molar-refractivity contribution >= 4 is 222 Å². The Morgan fingerprint density at radius 1 is 0.250 bits per heavy atom. The molecule has 0 spiro atoms. The second-order valence-corrected chi connectivity index (χ2v) is 15.2. The van der Waals surface area contributed by atoms with Crippen LogP contribution in [0, 0.1) is 0 Å². The van der Waals surface area contributed by atoms with E-state index in [2.05, 4.69) is 0 Å². The summed E-state index contributed by atoms with van der Waals surface area (Å²) in [6.45, 7) is 0. The second kappa shape index (κ2) is 16.4. The summed E-state index contributed by atoms with van der Waals surface area (Å²) in [5.41, 5.74) is 2.83. The molecule has 7 aromatic carbocycles. The molecule has 64 heavy (non-hydrogen) atoms. The highest BCUT2D eigenvalue weighted by molar-refractivity contribution is 6.72. The lowest BCUT2D eigenvalue weighted by atomic mass is 9.57. The van der Waals surface area contributed by atoms with Crippen LogP contribution in [0.3, 0.4) is 0 Å². The number of benzene rings is 7. The third kappa shape index (κ3) is 6.71. The van der Waals surface area contributed by atoms with Crippen LogP contribution in [0.1, 0.15) is 0 Å². The molecule has 2 aromatic heterocycles. The van der Waals surface area contributed by atoms with Gasteiger partial charge in [0.1, 0.15) is 129 Å². The van der Waals surface area contributed by atoms with Crippen molar-refractivity contribution < 1.29 is 4.42 Å². The van der Waals surface area contributed by atoms with E-state index < -0.39 is 0 Å². The zero-order chi connectivity index (χ0) is 45.6. The smallest absolute Gasteiger partial charge is 0.164 e. The highest BCUT2D eigenvalue weighted by Gasteiger charge is 2.29. The van der Waals surface area contributed by atoms with Crippen LogP contribution in [0.4, 0.5) is 0 Å². The Labute approximate surface area is 391 Å². The molecule has 0 saturated carbocycles. The maximum absolute atomic E-state index is 7.20. The minimum absolute atomic E-state index is 0.00242. The van der Waals surface area contributed by atoms with E-state index in [9.17, 15) is 0 Å². The van der Waals surface area contributed by atoms with E-state index in [1.54, 1.807) is 0 Å². The zero-order valence-electron chi connectivity index (χ0n) is 34.0. The molecule has 0 saturated heterocycles. The number of hydrogen-bond donors (Lipinski definition) is 0. The Morgan fingerprint density at radius 3 is 1.14 bits per heavy atom. The third-order valence-corrected chi connectivity index (χ3v) is 11.6. The van der Waals surface area contributed by atoms with Crippen LogP contribution >= 0.6 is 0 Å². The molecule has 9 rings (SSSR count). The van der Waals surface area contributed by atoms with Gasteiger partial charge >= 0.3 is 0 Å². The van der Waals surface area contributed by atoms with Gasteiger partial charge < -0.3 is 4.42 Å². The van der Waals surface area contributed by atoms with Gasteiger partial charge in [0.05, 0.1) is 0 Å². The zero-order valence-corrected chi connectivity index (χ0v) is 34.0. The van der Waals surface area contributed by atoms with Gasteiger partial charge in [0.15, 0.2) is 17.5 Å². The van der Waals surface area contributed by atoms with Gasteiger partial charge in [-0.05, 0) is 38.8 Å². The lowest BCUT2D eigenvalue weighted by Crippen LogP contribution is -2.55. The van der Waals surface area contributed by atoms with Crippen molar-refractivity contribution in [3.8, 4) is 67.5 Å². The third-order valence-electron chi connectivity index (χ3n) is 11.6. The molecule has 0 aliphatic rings. The molecule has 30 radical (unpaired) electrons. The fourth-order valence-corrected chi connectivity index (χ4v) is 8.13. The van der Waals surface area contributed by atoms with E-state index in [1.165, 1.54) is 0 Å². The predicted octanol–water partition coefficient (Wildman–Crippen LogP) is -6.32. The maximum Gasteiger partial charge on any atom is 0.164 e. The highest BCUT2D eigenvalue weighted by atomic mass is 16.3. The molecule has 260 valence electrons. The molecule has 0 N–H and O–H groups in total. The van der Waals surface area contributed by atoms with Crippen LogP contribution in [0.2, 0.25) is 0 Å². The van der Waals surface area contributed by atoms with Crippen molar-refractivity contribution in [1.82, 2.24) is 15.0 Å². The number of hydrogen-bond acceptors (Lipinski definition) is 4. The Morgan fingerprint density at radius 2 is 0.594 bits per heavy atom. The van der Waals surface area contributed by atoms with E-state index in [0.29, 0.717) is 22.8 Å². The maximum atomic E-state index is 7.20. The SMILES string of the molecule is [B]c1c([B])c([B])c(-c2c([B])c(-c3c([B])c([B])c(-c4nc(-c5ccccc5)nc(-c5ccc(-c6ccccc6)cc5)n4)c([B])c3[B])c([B])c3oc4c([B])c([B])c([B])c([B])c4c23)c([B])c1[B]. The fraction of sp³-hybridized carbons (Fsp3) is 0. The molecular formula is C45H14B15N3O. The van der Waals surface area contributed by atoms with Crippen molar-refractivity contribution in [3.63, 3.8) is 0 Å². The number of aromatic nitrogens is 3. The first-order valence-corrected chi connectivity index (χ1v) is 19.5. The monoisotopic (exact) mass is 777 g/mol. The summed E-state index contributed by atoms with van der Waals surface area (Å²) in [6, 6.07) is 27.1. The van der Waals surface area contributed by atoms with Gasteiger partial charge in [0.2, 0.25) is 0 Å². The number of fused-ring (bicyclic) bond motifs is 3. The molecule has 0 aliphatic carbocycles. The summed E-state index contributed by atoms with van der Waals surface area (Å²) in [6.07, 6.45) is 0. The average molecular weight is 775 g/mol. The summed E-state index contributed by atoms with van der Waals surface area (Å²) < 4.78 is 6.39. The van der Waals surface area contributed by atoms with Gasteiger partial charge in [-0.2, -0.15) is 0 Å². The largest absolute Gasteiger partial charge is 0.457 e. The summed E-state index contributed by atoms with van der Waals surface area (Å²) in [7, 11) is 100. The molecule has 0 unspecified atom stereocenters. The number of nitrogens with zero attached hydrogens (tertiary/aromatic N) is 3. The topological polar surface area (TPSA) is 51.8 Å².